The molecule has 5 aromatic carbocycles. The maximum atomic E-state index is 11.2. The van der Waals surface area contributed by atoms with Crippen molar-refractivity contribution >= 4 is 49.1 Å². The number of carbonyl (C=O) groups is 1. The summed E-state index contributed by atoms with van der Waals surface area (Å²) in [5.74, 6) is -0.797. The third-order valence-corrected chi connectivity index (χ3v) is 4.96. The summed E-state index contributed by atoms with van der Waals surface area (Å²) in [4.78, 5) is 11.2. The van der Waals surface area contributed by atoms with Crippen molar-refractivity contribution in [1.29, 1.82) is 0 Å². The van der Waals surface area contributed by atoms with Crippen LogP contribution in [0.3, 0.4) is 0 Å². The second-order valence-electron chi connectivity index (χ2n) is 6.28. The van der Waals surface area contributed by atoms with Crippen LogP contribution in [-0.4, -0.2) is 11.1 Å². The van der Waals surface area contributed by atoms with Crippen molar-refractivity contribution in [2.75, 3.05) is 0 Å². The van der Waals surface area contributed by atoms with Crippen LogP contribution >= 0.6 is 0 Å². The van der Waals surface area contributed by atoms with Crippen molar-refractivity contribution in [1.82, 2.24) is 0 Å². The maximum absolute atomic E-state index is 11.2. The van der Waals surface area contributed by atoms with Gasteiger partial charge in [-0.25, -0.2) is 0 Å². The molecule has 24 heavy (non-hydrogen) atoms. The molecule has 0 saturated heterocycles. The van der Waals surface area contributed by atoms with E-state index in [2.05, 4.69) is 48.5 Å². The van der Waals surface area contributed by atoms with E-state index in [4.69, 9.17) is 0 Å². The minimum absolute atomic E-state index is 0.0477. The molecule has 0 bridgehead atoms. The van der Waals surface area contributed by atoms with E-state index >= 15 is 0 Å². The van der Waals surface area contributed by atoms with E-state index in [1.807, 2.05) is 18.2 Å². The Balaban J connectivity index is 2.09. The first kappa shape index (κ1) is 13.3. The molecule has 5 rings (SSSR count). The molecule has 114 valence electrons. The van der Waals surface area contributed by atoms with Crippen LogP contribution in [0.15, 0.2) is 66.7 Å². The topological polar surface area (TPSA) is 37.3 Å². The number of hydrogen-bond donors (Lipinski definition) is 1. The average Bonchev–Trinajstić information content (AvgIpc) is 2.60. The summed E-state index contributed by atoms with van der Waals surface area (Å²) in [6.45, 7) is 0. The van der Waals surface area contributed by atoms with Crippen molar-refractivity contribution in [3.63, 3.8) is 0 Å². The van der Waals surface area contributed by atoms with Gasteiger partial charge in [0.05, 0.1) is 6.42 Å². The number of benzene rings is 5. The molecule has 0 spiro atoms. The summed E-state index contributed by atoms with van der Waals surface area (Å²) in [6.07, 6.45) is 0.0477. The highest BCUT2D eigenvalue weighted by Gasteiger charge is 2.14. The molecule has 0 heterocycles. The molecule has 0 radical (unpaired) electrons. The molecular weight excluding hydrogens is 296 g/mol. The normalized spacial score (nSPS) is 11.8. The Hall–Kier alpha value is -3.13. The minimum atomic E-state index is -0.797. The Bertz CT molecular complexity index is 1200. The van der Waals surface area contributed by atoms with E-state index < -0.39 is 5.97 Å². The van der Waals surface area contributed by atoms with Crippen LogP contribution in [0, 0.1) is 0 Å². The summed E-state index contributed by atoms with van der Waals surface area (Å²) >= 11 is 0. The largest absolute Gasteiger partial charge is 0.481 e. The monoisotopic (exact) mass is 310 g/mol. The Morgan fingerprint density at radius 2 is 1.21 bits per heavy atom. The number of aliphatic carboxylic acids is 1. The Morgan fingerprint density at radius 3 is 1.88 bits per heavy atom. The summed E-state index contributed by atoms with van der Waals surface area (Å²) in [6, 6.07) is 23.0. The molecule has 0 atom stereocenters. The van der Waals surface area contributed by atoms with E-state index in [-0.39, 0.29) is 6.42 Å². The van der Waals surface area contributed by atoms with Gasteiger partial charge in [-0.2, -0.15) is 0 Å². The summed E-state index contributed by atoms with van der Waals surface area (Å²) in [5, 5.41) is 18.8. The van der Waals surface area contributed by atoms with Crippen LogP contribution in [0.5, 0.6) is 0 Å². The SMILES string of the molecule is O=C(O)Cc1ccc2c3cccc4cccc(c5cccc1c52)c43. The van der Waals surface area contributed by atoms with E-state index in [9.17, 15) is 9.90 Å². The van der Waals surface area contributed by atoms with Gasteiger partial charge in [0.1, 0.15) is 0 Å². The molecule has 0 aliphatic rings. The second kappa shape index (κ2) is 4.68. The number of carboxylic acid groups (broad SMARTS) is 1. The molecule has 2 nitrogen and oxygen atoms in total. The Morgan fingerprint density at radius 1 is 0.667 bits per heavy atom. The standard InChI is InChI=1S/C22H14O2/c23-20(24)12-14-10-11-19-17-8-2-5-13-4-1-7-16(21(13)17)18-9-3-6-15(14)22(18)19/h1-11H,12H2,(H,23,24). The third kappa shape index (κ3) is 1.68. The maximum Gasteiger partial charge on any atom is 0.307 e. The zero-order valence-electron chi connectivity index (χ0n) is 12.9. The van der Waals surface area contributed by atoms with Gasteiger partial charge in [-0.15, -0.1) is 0 Å². The van der Waals surface area contributed by atoms with Gasteiger partial charge in [-0.1, -0.05) is 66.7 Å². The fraction of sp³-hybridized carbons (Fsp3) is 0.0455. The third-order valence-electron chi connectivity index (χ3n) is 4.96. The van der Waals surface area contributed by atoms with Gasteiger partial charge in [0.15, 0.2) is 0 Å². The summed E-state index contributed by atoms with van der Waals surface area (Å²) in [5.41, 5.74) is 0.870. The highest BCUT2D eigenvalue weighted by Crippen LogP contribution is 2.40. The molecular formula is C22H14O2. The highest BCUT2D eigenvalue weighted by molar-refractivity contribution is 6.33. The first-order valence-corrected chi connectivity index (χ1v) is 8.03. The predicted octanol–water partition coefficient (Wildman–Crippen LogP) is 5.36. The molecule has 0 fully saturated rings. The lowest BCUT2D eigenvalue weighted by Crippen LogP contribution is -2.01. The Labute approximate surface area is 138 Å². The predicted molar refractivity (Wildman–Crippen MR) is 99.0 cm³/mol. The van der Waals surface area contributed by atoms with Crippen LogP contribution in [0.1, 0.15) is 5.56 Å². The lowest BCUT2D eigenvalue weighted by atomic mass is 9.88. The van der Waals surface area contributed by atoms with Crippen LogP contribution in [0.25, 0.3) is 43.1 Å². The number of fused-ring (bicyclic) bond motifs is 2. The van der Waals surface area contributed by atoms with E-state index in [0.717, 1.165) is 10.9 Å². The number of rotatable bonds is 2. The van der Waals surface area contributed by atoms with Crippen LogP contribution < -0.4 is 0 Å². The zero-order chi connectivity index (χ0) is 16.3. The van der Waals surface area contributed by atoms with E-state index in [1.54, 1.807) is 0 Å². The quantitative estimate of drug-likeness (QED) is 0.352. The molecule has 0 saturated carbocycles. The van der Waals surface area contributed by atoms with Crippen molar-refractivity contribution < 1.29 is 9.90 Å². The molecule has 0 aliphatic carbocycles. The zero-order valence-corrected chi connectivity index (χ0v) is 12.9. The van der Waals surface area contributed by atoms with Crippen LogP contribution in [0.4, 0.5) is 0 Å². The van der Waals surface area contributed by atoms with Crippen molar-refractivity contribution in [3.05, 3.63) is 72.3 Å². The number of hydrogen-bond acceptors (Lipinski definition) is 1. The molecule has 0 amide bonds. The minimum Gasteiger partial charge on any atom is -0.481 e. The molecule has 0 aliphatic heterocycles. The van der Waals surface area contributed by atoms with Crippen molar-refractivity contribution in [2.45, 2.75) is 6.42 Å². The smallest absolute Gasteiger partial charge is 0.307 e. The second-order valence-corrected chi connectivity index (χ2v) is 6.28. The molecule has 2 heteroatoms. The molecule has 1 N–H and O–H groups in total. The van der Waals surface area contributed by atoms with Gasteiger partial charge in [-0.05, 0) is 48.7 Å². The molecule has 5 aromatic rings. The average molecular weight is 310 g/mol. The first-order chi connectivity index (χ1) is 11.7. The Kier molecular flexibility index (Phi) is 2.60. The van der Waals surface area contributed by atoms with Crippen molar-refractivity contribution in [3.8, 4) is 0 Å². The molecule has 0 unspecified atom stereocenters. The fourth-order valence-electron chi connectivity index (χ4n) is 4.02. The van der Waals surface area contributed by atoms with Gasteiger partial charge in [0.25, 0.3) is 0 Å². The first-order valence-electron chi connectivity index (χ1n) is 8.03. The van der Waals surface area contributed by atoms with E-state index in [0.29, 0.717) is 0 Å². The van der Waals surface area contributed by atoms with Crippen LogP contribution in [-0.2, 0) is 11.2 Å². The highest BCUT2D eigenvalue weighted by atomic mass is 16.4. The molecule has 0 aromatic heterocycles. The van der Waals surface area contributed by atoms with Crippen LogP contribution in [0.2, 0.25) is 0 Å². The van der Waals surface area contributed by atoms with Gasteiger partial charge in [-0.3, -0.25) is 4.79 Å². The number of carboxylic acids is 1. The van der Waals surface area contributed by atoms with Gasteiger partial charge in [0.2, 0.25) is 0 Å². The van der Waals surface area contributed by atoms with Gasteiger partial charge >= 0.3 is 5.97 Å². The summed E-state index contributed by atoms with van der Waals surface area (Å²) in [7, 11) is 0. The fourth-order valence-corrected chi connectivity index (χ4v) is 4.02. The lowest BCUT2D eigenvalue weighted by Gasteiger charge is -2.15. The van der Waals surface area contributed by atoms with Crippen molar-refractivity contribution in [2.24, 2.45) is 0 Å². The lowest BCUT2D eigenvalue weighted by molar-refractivity contribution is -0.136. The van der Waals surface area contributed by atoms with Gasteiger partial charge < -0.3 is 5.11 Å². The summed E-state index contributed by atoms with van der Waals surface area (Å²) < 4.78 is 0. The van der Waals surface area contributed by atoms with Gasteiger partial charge in [0, 0.05) is 0 Å². The van der Waals surface area contributed by atoms with E-state index in [1.165, 1.54) is 37.7 Å².